The van der Waals surface area contributed by atoms with E-state index >= 15 is 0 Å². The van der Waals surface area contributed by atoms with Crippen LogP contribution in [0.4, 0.5) is 0 Å². The minimum absolute atomic E-state index is 1.27. The van der Waals surface area contributed by atoms with E-state index in [1.807, 2.05) is 12.1 Å². The molecule has 0 heterocycles. The number of aryl methyl sites for hydroxylation is 5. The lowest BCUT2D eigenvalue weighted by Gasteiger charge is -2.10. The molecular formula is C81H66. The van der Waals surface area contributed by atoms with Gasteiger partial charge in [0.15, 0.2) is 0 Å². The third kappa shape index (κ3) is 12.2. The number of fused-ring (bicyclic) bond motifs is 9. The average Bonchev–Trinajstić information content (AvgIpc) is 4.00. The third-order valence-electron chi connectivity index (χ3n) is 15.2. The SMILES string of the molecule is Cc1cc(-c2ccccc2)cc(-c2ccccc2)c1.Cc1ccc(-c2ccccc2)cc1.Cc1ccc2c3c(cccc13)-c1ccccc1-2.Cc1ccc2c3ccccc3c3ccccc3c2c1.Cc1cccc(-c2ccccc2)c1. The first-order valence-corrected chi connectivity index (χ1v) is 28.1. The van der Waals surface area contributed by atoms with E-state index in [0.717, 1.165) is 0 Å². The predicted octanol–water partition coefficient (Wildman–Crippen LogP) is 22.9. The zero-order chi connectivity index (χ0) is 55.5. The smallest absolute Gasteiger partial charge is 0.00237 e. The van der Waals surface area contributed by atoms with Crippen LogP contribution in [0.25, 0.3) is 110 Å². The number of hydrogen-bond donors (Lipinski definition) is 0. The summed E-state index contributed by atoms with van der Waals surface area (Å²) in [7, 11) is 0. The Labute approximate surface area is 479 Å². The second kappa shape index (κ2) is 24.8. The van der Waals surface area contributed by atoms with Gasteiger partial charge in [0.2, 0.25) is 0 Å². The Bertz CT molecular complexity index is 4280. The molecule has 0 aliphatic heterocycles. The van der Waals surface area contributed by atoms with Crippen LogP contribution in [0.2, 0.25) is 0 Å². The Hall–Kier alpha value is -9.88. The molecule has 14 aromatic rings. The fraction of sp³-hybridized carbons (Fsp3) is 0.0617. The summed E-state index contributed by atoms with van der Waals surface area (Å²) < 4.78 is 0. The van der Waals surface area contributed by atoms with Crippen molar-refractivity contribution in [2.45, 2.75) is 34.6 Å². The van der Waals surface area contributed by atoms with Crippen molar-refractivity contribution in [1.29, 1.82) is 0 Å². The molecule has 14 aromatic carbocycles. The van der Waals surface area contributed by atoms with Gasteiger partial charge in [-0.15, -0.1) is 0 Å². The van der Waals surface area contributed by atoms with Gasteiger partial charge in [-0.25, -0.2) is 0 Å². The molecule has 0 unspecified atom stereocenters. The van der Waals surface area contributed by atoms with Crippen LogP contribution in [0.15, 0.2) is 309 Å². The molecule has 0 heteroatoms. The molecule has 0 spiro atoms. The summed E-state index contributed by atoms with van der Waals surface area (Å²) in [6.45, 7) is 10.7. The van der Waals surface area contributed by atoms with Crippen LogP contribution in [0.3, 0.4) is 0 Å². The Morgan fingerprint density at radius 2 is 0.506 bits per heavy atom. The summed E-state index contributed by atoms with van der Waals surface area (Å²) >= 11 is 0. The maximum Gasteiger partial charge on any atom is -0.00237 e. The summed E-state index contributed by atoms with van der Waals surface area (Å²) in [5, 5.41) is 10.9. The quantitative estimate of drug-likeness (QED) is 0.154. The highest BCUT2D eigenvalue weighted by molar-refractivity contribution is 6.25. The summed E-state index contributed by atoms with van der Waals surface area (Å²) in [4.78, 5) is 0. The predicted molar refractivity (Wildman–Crippen MR) is 352 cm³/mol. The molecule has 0 nitrogen and oxygen atoms in total. The van der Waals surface area contributed by atoms with Gasteiger partial charge in [0.1, 0.15) is 0 Å². The van der Waals surface area contributed by atoms with Crippen molar-refractivity contribution in [1.82, 2.24) is 0 Å². The van der Waals surface area contributed by atoms with Crippen molar-refractivity contribution >= 4 is 43.1 Å². The fourth-order valence-electron chi connectivity index (χ4n) is 11.2. The first-order chi connectivity index (χ1) is 39.8. The average molecular weight is 1040 g/mol. The van der Waals surface area contributed by atoms with E-state index in [4.69, 9.17) is 0 Å². The zero-order valence-electron chi connectivity index (χ0n) is 46.9. The highest BCUT2D eigenvalue weighted by atomic mass is 14.2. The molecule has 1 aliphatic carbocycles. The molecule has 0 saturated heterocycles. The molecule has 0 amide bonds. The van der Waals surface area contributed by atoms with Crippen LogP contribution in [0, 0.1) is 34.6 Å². The Morgan fingerprint density at radius 3 is 1.02 bits per heavy atom. The molecule has 0 radical (unpaired) electrons. The molecule has 390 valence electrons. The summed E-state index contributed by atoms with van der Waals surface area (Å²) in [6, 6.07) is 110. The lowest BCUT2D eigenvalue weighted by atomic mass is 9.93. The second-order valence-corrected chi connectivity index (χ2v) is 21.1. The normalized spacial score (nSPS) is 10.8. The first-order valence-electron chi connectivity index (χ1n) is 28.1. The maximum absolute atomic E-state index is 2.30. The molecule has 0 aromatic heterocycles. The van der Waals surface area contributed by atoms with Crippen LogP contribution in [0.5, 0.6) is 0 Å². The van der Waals surface area contributed by atoms with Crippen molar-refractivity contribution in [3.8, 4) is 66.8 Å². The standard InChI is InChI=1S/C19H14.C19H16.C17H12.2C13H12/c1-13-10-11-18-16-8-3-2-6-14(16)15-7-4-5-9-17(15)19(18)12-13;1-15-12-18(16-8-4-2-5-9-16)14-19(13-15)17-10-6-3-7-11-17;1-11-9-10-16-14-6-3-2-5-13(14)15-8-4-7-12(11)17(15)16;1-11-6-5-9-13(10-11)12-7-3-2-4-8-12;1-11-7-9-13(10-8-11)12-5-3-2-4-6-12/h2-12H,1H3;2-14H,1H3;2-10H,1H3;2*2-10H,1H3. The number of benzene rings is 14. The molecule has 0 saturated carbocycles. The Morgan fingerprint density at radius 1 is 0.160 bits per heavy atom. The van der Waals surface area contributed by atoms with Crippen molar-refractivity contribution in [3.05, 3.63) is 337 Å². The summed E-state index contributed by atoms with van der Waals surface area (Å²) in [6.07, 6.45) is 0. The van der Waals surface area contributed by atoms with E-state index in [-0.39, 0.29) is 0 Å². The zero-order valence-corrected chi connectivity index (χ0v) is 46.9. The van der Waals surface area contributed by atoms with Crippen molar-refractivity contribution in [3.63, 3.8) is 0 Å². The van der Waals surface area contributed by atoms with E-state index in [1.54, 1.807) is 0 Å². The van der Waals surface area contributed by atoms with Crippen molar-refractivity contribution in [2.75, 3.05) is 0 Å². The number of rotatable bonds is 4. The molecule has 0 fully saturated rings. The second-order valence-electron chi connectivity index (χ2n) is 21.1. The molecule has 0 N–H and O–H groups in total. The highest BCUT2D eigenvalue weighted by Crippen LogP contribution is 2.47. The summed E-state index contributed by atoms with van der Waals surface area (Å²) in [5.74, 6) is 0. The number of hydrogen-bond acceptors (Lipinski definition) is 0. The van der Waals surface area contributed by atoms with E-state index in [1.165, 1.54) is 138 Å². The fourth-order valence-corrected chi connectivity index (χ4v) is 11.2. The van der Waals surface area contributed by atoms with Crippen LogP contribution in [-0.4, -0.2) is 0 Å². The van der Waals surface area contributed by atoms with Gasteiger partial charge in [-0.2, -0.15) is 0 Å². The molecule has 0 bridgehead atoms. The van der Waals surface area contributed by atoms with Gasteiger partial charge in [-0.3, -0.25) is 0 Å². The molecule has 81 heavy (non-hydrogen) atoms. The van der Waals surface area contributed by atoms with Crippen molar-refractivity contribution < 1.29 is 0 Å². The highest BCUT2D eigenvalue weighted by Gasteiger charge is 2.20. The van der Waals surface area contributed by atoms with E-state index in [2.05, 4.69) is 332 Å². The third-order valence-corrected chi connectivity index (χ3v) is 15.2. The van der Waals surface area contributed by atoms with Crippen molar-refractivity contribution in [2.24, 2.45) is 0 Å². The van der Waals surface area contributed by atoms with Gasteiger partial charge in [0.05, 0.1) is 0 Å². The first kappa shape index (κ1) is 53.1. The van der Waals surface area contributed by atoms with Crippen LogP contribution in [0.1, 0.15) is 27.8 Å². The largest absolute Gasteiger partial charge is 0.0622 e. The topological polar surface area (TPSA) is 0 Å². The molecule has 1 aliphatic rings. The lowest BCUT2D eigenvalue weighted by molar-refractivity contribution is 1.46. The minimum atomic E-state index is 1.27. The van der Waals surface area contributed by atoms with Gasteiger partial charge >= 0.3 is 0 Å². The van der Waals surface area contributed by atoms with Gasteiger partial charge < -0.3 is 0 Å². The molecular weight excluding hydrogens is 973 g/mol. The van der Waals surface area contributed by atoms with Gasteiger partial charge in [-0.05, 0) is 162 Å². The van der Waals surface area contributed by atoms with Crippen LogP contribution in [-0.2, 0) is 0 Å². The Balaban J connectivity index is 0.000000108. The molecule has 15 rings (SSSR count). The Kier molecular flexibility index (Phi) is 16.3. The van der Waals surface area contributed by atoms with Gasteiger partial charge in [0, 0.05) is 0 Å². The minimum Gasteiger partial charge on any atom is -0.0622 e. The van der Waals surface area contributed by atoms with E-state index in [9.17, 15) is 0 Å². The van der Waals surface area contributed by atoms with Crippen LogP contribution < -0.4 is 0 Å². The summed E-state index contributed by atoms with van der Waals surface area (Å²) in [5.41, 5.74) is 22.3. The van der Waals surface area contributed by atoms with Gasteiger partial charge in [0.25, 0.3) is 0 Å². The van der Waals surface area contributed by atoms with E-state index in [0.29, 0.717) is 0 Å². The maximum atomic E-state index is 2.30. The van der Waals surface area contributed by atoms with Crippen LogP contribution >= 0.6 is 0 Å². The monoisotopic (exact) mass is 1040 g/mol. The van der Waals surface area contributed by atoms with E-state index < -0.39 is 0 Å². The lowest BCUT2D eigenvalue weighted by Crippen LogP contribution is -1.84. The van der Waals surface area contributed by atoms with Gasteiger partial charge in [-0.1, -0.05) is 320 Å². The molecule has 0 atom stereocenters.